The van der Waals surface area contributed by atoms with E-state index in [9.17, 15) is 5.11 Å². The molecule has 0 amide bonds. The van der Waals surface area contributed by atoms with Crippen molar-refractivity contribution in [3.8, 4) is 0 Å². The number of anilines is 2. The highest BCUT2D eigenvalue weighted by molar-refractivity contribution is 5.87. The minimum Gasteiger partial charge on any atom is -0.394 e. The molecule has 1 aliphatic heterocycles. The normalized spacial score (nSPS) is 23.2. The number of aliphatic hydroxyl groups is 1. The summed E-state index contributed by atoms with van der Waals surface area (Å²) in [7, 11) is 1.79. The Morgan fingerprint density at radius 1 is 1.53 bits per heavy atom. The lowest BCUT2D eigenvalue weighted by Gasteiger charge is -2.26. The van der Waals surface area contributed by atoms with Crippen molar-refractivity contribution in [3.05, 3.63) is 6.20 Å². The molecule has 0 spiro atoms. The van der Waals surface area contributed by atoms with Crippen molar-refractivity contribution in [1.29, 1.82) is 0 Å². The molecular formula is C12H18N6O. The smallest absolute Gasteiger partial charge is 0.226 e. The summed E-state index contributed by atoms with van der Waals surface area (Å²) in [4.78, 5) is 11.0. The molecule has 19 heavy (non-hydrogen) atoms. The van der Waals surface area contributed by atoms with Crippen molar-refractivity contribution in [2.45, 2.75) is 19.4 Å². The maximum absolute atomic E-state index is 9.59. The molecule has 1 aliphatic rings. The third-order valence-corrected chi connectivity index (χ3v) is 3.85. The Balaban J connectivity index is 2.10. The number of aliphatic hydroxyl groups excluding tert-OH is 1. The van der Waals surface area contributed by atoms with Crippen LogP contribution in [0.5, 0.6) is 0 Å². The molecule has 7 nitrogen and oxygen atoms in total. The average Bonchev–Trinajstić information content (AvgIpc) is 3.03. The number of H-pyrrole nitrogens is 1. The molecule has 2 aromatic heterocycles. The molecule has 2 unspecified atom stereocenters. The second-order valence-electron chi connectivity index (χ2n) is 4.96. The highest BCUT2D eigenvalue weighted by Gasteiger charge is 2.33. The van der Waals surface area contributed by atoms with Crippen molar-refractivity contribution in [2.75, 3.05) is 30.4 Å². The molecule has 0 aromatic carbocycles. The number of fused-ring (bicyclic) bond motifs is 1. The number of hydrogen-bond acceptors (Lipinski definition) is 6. The van der Waals surface area contributed by atoms with Gasteiger partial charge in [-0.15, -0.1) is 0 Å². The van der Waals surface area contributed by atoms with E-state index < -0.39 is 0 Å². The lowest BCUT2D eigenvalue weighted by molar-refractivity contribution is 0.244. The fourth-order valence-electron chi connectivity index (χ4n) is 2.70. The van der Waals surface area contributed by atoms with Crippen LogP contribution in [0, 0.1) is 5.92 Å². The first-order valence-corrected chi connectivity index (χ1v) is 6.51. The van der Waals surface area contributed by atoms with Crippen LogP contribution < -0.4 is 10.2 Å². The summed E-state index contributed by atoms with van der Waals surface area (Å²) in [6, 6.07) is 0.109. The first kappa shape index (κ1) is 12.2. The summed E-state index contributed by atoms with van der Waals surface area (Å²) < 4.78 is 0. The van der Waals surface area contributed by atoms with Gasteiger partial charge in [-0.3, -0.25) is 5.10 Å². The van der Waals surface area contributed by atoms with Gasteiger partial charge in [-0.05, 0) is 12.3 Å². The molecular weight excluding hydrogens is 244 g/mol. The number of hydrogen-bond donors (Lipinski definition) is 3. The van der Waals surface area contributed by atoms with E-state index in [1.807, 2.05) is 0 Å². The summed E-state index contributed by atoms with van der Waals surface area (Å²) >= 11 is 0. The third-order valence-electron chi connectivity index (χ3n) is 3.85. The summed E-state index contributed by atoms with van der Waals surface area (Å²) in [6.45, 7) is 3.19. The van der Waals surface area contributed by atoms with Crippen LogP contribution in [0.3, 0.4) is 0 Å². The van der Waals surface area contributed by atoms with Crippen molar-refractivity contribution in [2.24, 2.45) is 5.92 Å². The van der Waals surface area contributed by atoms with Crippen molar-refractivity contribution >= 4 is 22.8 Å². The van der Waals surface area contributed by atoms with E-state index in [0.717, 1.165) is 24.2 Å². The van der Waals surface area contributed by atoms with Gasteiger partial charge in [0.1, 0.15) is 5.82 Å². The second kappa shape index (κ2) is 4.65. The molecule has 0 radical (unpaired) electrons. The standard InChI is InChI=1S/C12H18N6O/c1-7-3-4-18(9(7)6-19)11-8-5-14-17-10(8)15-12(13-2)16-11/h5,7,9,19H,3-4,6H2,1-2H3,(H2,13,14,15,16,17). The Kier molecular flexibility index (Phi) is 2.98. The Morgan fingerprint density at radius 2 is 2.37 bits per heavy atom. The molecule has 2 atom stereocenters. The van der Waals surface area contributed by atoms with Crippen molar-refractivity contribution < 1.29 is 5.11 Å². The summed E-state index contributed by atoms with van der Waals surface area (Å²) in [5, 5.41) is 20.4. The lowest BCUT2D eigenvalue weighted by Crippen LogP contribution is -2.36. The van der Waals surface area contributed by atoms with E-state index in [4.69, 9.17) is 0 Å². The van der Waals surface area contributed by atoms with E-state index in [0.29, 0.717) is 17.5 Å². The molecule has 3 N–H and O–H groups in total. The summed E-state index contributed by atoms with van der Waals surface area (Å²) in [5.41, 5.74) is 0.714. The fraction of sp³-hybridized carbons (Fsp3) is 0.583. The molecule has 0 saturated carbocycles. The van der Waals surface area contributed by atoms with E-state index in [1.165, 1.54) is 0 Å². The molecule has 2 aromatic rings. The largest absolute Gasteiger partial charge is 0.394 e. The van der Waals surface area contributed by atoms with E-state index >= 15 is 0 Å². The van der Waals surface area contributed by atoms with Gasteiger partial charge >= 0.3 is 0 Å². The summed E-state index contributed by atoms with van der Waals surface area (Å²) in [5.74, 6) is 1.86. The number of aromatic amines is 1. The minimum absolute atomic E-state index is 0.109. The van der Waals surface area contributed by atoms with Gasteiger partial charge in [0.2, 0.25) is 5.95 Å². The van der Waals surface area contributed by atoms with E-state index in [1.54, 1.807) is 13.2 Å². The van der Waals surface area contributed by atoms with Gasteiger partial charge in [-0.25, -0.2) is 0 Å². The number of nitrogens with one attached hydrogen (secondary N) is 2. The SMILES string of the molecule is CNc1nc(N2CCC(C)C2CO)c2cn[nH]c2n1. The molecule has 1 saturated heterocycles. The summed E-state index contributed by atoms with van der Waals surface area (Å²) in [6.07, 6.45) is 2.80. The zero-order valence-electron chi connectivity index (χ0n) is 11.1. The molecule has 7 heteroatoms. The first-order valence-electron chi connectivity index (χ1n) is 6.51. The van der Waals surface area contributed by atoms with Crippen LogP contribution in [0.15, 0.2) is 6.20 Å². The predicted molar refractivity (Wildman–Crippen MR) is 73.2 cm³/mol. The molecule has 102 valence electrons. The van der Waals surface area contributed by atoms with Gasteiger partial charge < -0.3 is 15.3 Å². The fourth-order valence-corrected chi connectivity index (χ4v) is 2.70. The molecule has 0 aliphatic carbocycles. The van der Waals surface area contributed by atoms with Crippen LogP contribution >= 0.6 is 0 Å². The maximum Gasteiger partial charge on any atom is 0.226 e. The van der Waals surface area contributed by atoms with Crippen LogP contribution in [-0.4, -0.2) is 51.5 Å². The molecule has 3 rings (SSSR count). The zero-order chi connectivity index (χ0) is 13.4. The second-order valence-corrected chi connectivity index (χ2v) is 4.96. The van der Waals surface area contributed by atoms with E-state index in [-0.39, 0.29) is 12.6 Å². The zero-order valence-corrected chi connectivity index (χ0v) is 11.1. The van der Waals surface area contributed by atoms with Gasteiger partial charge in [0, 0.05) is 13.6 Å². The average molecular weight is 262 g/mol. The Labute approximate surface area is 111 Å². The predicted octanol–water partition coefficient (Wildman–Crippen LogP) is 0.602. The monoisotopic (exact) mass is 262 g/mol. The molecule has 0 bridgehead atoms. The van der Waals surface area contributed by atoms with E-state index in [2.05, 4.69) is 37.3 Å². The molecule has 1 fully saturated rings. The highest BCUT2D eigenvalue weighted by atomic mass is 16.3. The first-order chi connectivity index (χ1) is 9.24. The Morgan fingerprint density at radius 3 is 3.11 bits per heavy atom. The van der Waals surface area contributed by atoms with Crippen molar-refractivity contribution in [3.63, 3.8) is 0 Å². The van der Waals surface area contributed by atoms with Crippen LogP contribution in [0.1, 0.15) is 13.3 Å². The van der Waals surface area contributed by atoms with Gasteiger partial charge in [-0.2, -0.15) is 15.1 Å². The lowest BCUT2D eigenvalue weighted by atomic mass is 10.0. The van der Waals surface area contributed by atoms with Gasteiger partial charge in [0.05, 0.1) is 24.2 Å². The van der Waals surface area contributed by atoms with Gasteiger partial charge in [-0.1, -0.05) is 6.92 Å². The number of aromatic nitrogens is 4. The topological polar surface area (TPSA) is 90.0 Å². The van der Waals surface area contributed by atoms with Crippen LogP contribution in [0.4, 0.5) is 11.8 Å². The Bertz CT molecular complexity index is 583. The van der Waals surface area contributed by atoms with Gasteiger partial charge in [0.15, 0.2) is 5.65 Å². The van der Waals surface area contributed by atoms with Crippen molar-refractivity contribution in [1.82, 2.24) is 20.2 Å². The Hall–Kier alpha value is -1.89. The van der Waals surface area contributed by atoms with Crippen LogP contribution in [-0.2, 0) is 0 Å². The quantitative estimate of drug-likeness (QED) is 0.750. The third kappa shape index (κ3) is 1.90. The van der Waals surface area contributed by atoms with Gasteiger partial charge in [0.25, 0.3) is 0 Å². The minimum atomic E-state index is 0.109. The van der Waals surface area contributed by atoms with Crippen LogP contribution in [0.2, 0.25) is 0 Å². The number of rotatable bonds is 3. The van der Waals surface area contributed by atoms with Crippen LogP contribution in [0.25, 0.3) is 11.0 Å². The number of nitrogens with zero attached hydrogens (tertiary/aromatic N) is 4. The highest BCUT2D eigenvalue weighted by Crippen LogP contribution is 2.32. The molecule has 3 heterocycles. The maximum atomic E-state index is 9.59.